The first-order valence-corrected chi connectivity index (χ1v) is 13.4. The van der Waals surface area contributed by atoms with E-state index in [0.717, 1.165) is 0 Å². The number of methoxy groups -OCH3 is 2. The van der Waals surface area contributed by atoms with Crippen LogP contribution < -0.4 is 19.3 Å². The minimum absolute atomic E-state index is 0.0553. The normalized spacial score (nSPS) is 12.9. The SMILES string of the molecule is CCOc1cccc(-c2nc3ncc(C(CC(C)(C)O)S(N)(=O)=O)nc3n2-c2c(OC)cccc2OC)n1. The second-order valence-corrected chi connectivity index (χ2v) is 10.9. The third-order valence-corrected chi connectivity index (χ3v) is 6.87. The maximum atomic E-state index is 12.5. The highest BCUT2D eigenvalue weighted by molar-refractivity contribution is 7.89. The first kappa shape index (κ1) is 27.2. The Morgan fingerprint density at radius 1 is 1.05 bits per heavy atom. The van der Waals surface area contributed by atoms with Gasteiger partial charge < -0.3 is 19.3 Å². The molecule has 3 aromatic heterocycles. The minimum Gasteiger partial charge on any atom is -0.494 e. The summed E-state index contributed by atoms with van der Waals surface area (Å²) in [6.45, 7) is 5.27. The molecule has 4 aromatic rings. The van der Waals surface area contributed by atoms with Gasteiger partial charge in [0.25, 0.3) is 0 Å². The molecule has 0 bridgehead atoms. The maximum absolute atomic E-state index is 12.5. The van der Waals surface area contributed by atoms with Crippen LogP contribution in [-0.4, -0.2) is 64.5 Å². The summed E-state index contributed by atoms with van der Waals surface area (Å²) in [5.74, 6) is 1.63. The van der Waals surface area contributed by atoms with E-state index in [-0.39, 0.29) is 23.4 Å². The number of primary sulfonamides is 1. The largest absolute Gasteiger partial charge is 0.494 e. The van der Waals surface area contributed by atoms with Crippen molar-refractivity contribution in [2.45, 2.75) is 38.0 Å². The molecule has 0 amide bonds. The van der Waals surface area contributed by atoms with E-state index in [4.69, 9.17) is 19.3 Å². The van der Waals surface area contributed by atoms with Crippen molar-refractivity contribution in [2.75, 3.05) is 20.8 Å². The van der Waals surface area contributed by atoms with Gasteiger partial charge in [-0.1, -0.05) is 12.1 Å². The van der Waals surface area contributed by atoms with Crippen LogP contribution in [0.25, 0.3) is 28.5 Å². The monoisotopic (exact) mass is 542 g/mol. The van der Waals surface area contributed by atoms with Crippen molar-refractivity contribution in [1.82, 2.24) is 24.5 Å². The molecule has 4 rings (SSSR count). The van der Waals surface area contributed by atoms with Crippen molar-refractivity contribution in [3.63, 3.8) is 0 Å². The fourth-order valence-corrected chi connectivity index (χ4v) is 5.16. The van der Waals surface area contributed by atoms with Gasteiger partial charge in [-0.3, -0.25) is 4.57 Å². The summed E-state index contributed by atoms with van der Waals surface area (Å²) in [6.07, 6.45) is 1.11. The minimum atomic E-state index is -4.15. The molecule has 0 fully saturated rings. The summed E-state index contributed by atoms with van der Waals surface area (Å²) >= 11 is 0. The van der Waals surface area contributed by atoms with Crippen LogP contribution in [0.5, 0.6) is 17.4 Å². The van der Waals surface area contributed by atoms with Gasteiger partial charge >= 0.3 is 0 Å². The molecule has 38 heavy (non-hydrogen) atoms. The Balaban J connectivity index is 2.07. The van der Waals surface area contributed by atoms with Gasteiger partial charge in [-0.2, -0.15) is 0 Å². The second-order valence-electron chi connectivity index (χ2n) is 9.11. The molecule has 12 nitrogen and oxygen atoms in total. The Hall–Kier alpha value is -3.81. The van der Waals surface area contributed by atoms with E-state index in [2.05, 4.69) is 19.9 Å². The molecule has 3 heterocycles. The molecule has 1 aromatic carbocycles. The maximum Gasteiger partial charge on any atom is 0.217 e. The lowest BCUT2D eigenvalue weighted by atomic mass is 10.0. The van der Waals surface area contributed by atoms with Gasteiger partial charge in [-0.05, 0) is 45.4 Å². The number of hydrogen-bond acceptors (Lipinski definition) is 10. The number of pyridine rings is 1. The van der Waals surface area contributed by atoms with Crippen LogP contribution in [0.4, 0.5) is 0 Å². The quantitative estimate of drug-likeness (QED) is 0.304. The van der Waals surface area contributed by atoms with E-state index < -0.39 is 20.9 Å². The van der Waals surface area contributed by atoms with Crippen molar-refractivity contribution in [1.29, 1.82) is 0 Å². The van der Waals surface area contributed by atoms with Crippen LogP contribution in [0.1, 0.15) is 38.1 Å². The summed E-state index contributed by atoms with van der Waals surface area (Å²) < 4.78 is 43.6. The Bertz CT molecular complexity index is 1540. The second kappa shape index (κ2) is 10.5. The Labute approximate surface area is 220 Å². The smallest absolute Gasteiger partial charge is 0.217 e. The van der Waals surface area contributed by atoms with Crippen LogP contribution in [0.15, 0.2) is 42.6 Å². The van der Waals surface area contributed by atoms with Gasteiger partial charge in [0.05, 0.1) is 38.3 Å². The van der Waals surface area contributed by atoms with Crippen molar-refractivity contribution in [3.05, 3.63) is 48.3 Å². The average molecular weight is 543 g/mol. The number of fused-ring (bicyclic) bond motifs is 1. The number of sulfonamides is 1. The van der Waals surface area contributed by atoms with Crippen LogP contribution >= 0.6 is 0 Å². The van der Waals surface area contributed by atoms with Crippen LogP contribution in [-0.2, 0) is 10.0 Å². The Kier molecular flexibility index (Phi) is 7.54. The number of nitrogens with two attached hydrogens (primary N) is 1. The lowest BCUT2D eigenvalue weighted by Gasteiger charge is -2.23. The fraction of sp³-hybridized carbons (Fsp3) is 0.360. The lowest BCUT2D eigenvalue weighted by Crippen LogP contribution is -2.30. The lowest BCUT2D eigenvalue weighted by molar-refractivity contribution is 0.0693. The zero-order valence-corrected chi connectivity index (χ0v) is 22.6. The van der Waals surface area contributed by atoms with Gasteiger partial charge in [0.1, 0.15) is 28.1 Å². The number of para-hydroxylation sites is 1. The first-order valence-electron chi connectivity index (χ1n) is 11.8. The van der Waals surface area contributed by atoms with E-state index in [1.54, 1.807) is 41.0 Å². The summed E-state index contributed by atoms with van der Waals surface area (Å²) in [5, 5.41) is 14.6. The molecule has 3 N–H and O–H groups in total. The molecule has 0 aliphatic heterocycles. The first-order chi connectivity index (χ1) is 18.0. The zero-order chi connectivity index (χ0) is 27.7. The van der Waals surface area contributed by atoms with Gasteiger partial charge in [0.2, 0.25) is 15.9 Å². The predicted molar refractivity (Wildman–Crippen MR) is 141 cm³/mol. The van der Waals surface area contributed by atoms with E-state index in [1.807, 2.05) is 6.92 Å². The van der Waals surface area contributed by atoms with Crippen molar-refractivity contribution < 1.29 is 27.7 Å². The number of aromatic nitrogens is 5. The zero-order valence-electron chi connectivity index (χ0n) is 21.7. The van der Waals surface area contributed by atoms with E-state index in [1.165, 1.54) is 34.3 Å². The summed E-state index contributed by atoms with van der Waals surface area (Å²) in [7, 11) is -1.12. The van der Waals surface area contributed by atoms with Crippen LogP contribution in [0, 0.1) is 0 Å². The molecule has 0 radical (unpaired) electrons. The van der Waals surface area contributed by atoms with Gasteiger partial charge in [0.15, 0.2) is 17.1 Å². The Morgan fingerprint density at radius 3 is 2.29 bits per heavy atom. The molecule has 202 valence electrons. The third kappa shape index (κ3) is 5.54. The van der Waals surface area contributed by atoms with Gasteiger partial charge in [-0.25, -0.2) is 33.5 Å². The number of rotatable bonds is 10. The molecule has 0 saturated carbocycles. The highest BCUT2D eigenvalue weighted by Crippen LogP contribution is 2.38. The number of nitrogens with zero attached hydrogens (tertiary/aromatic N) is 5. The van der Waals surface area contributed by atoms with Crippen molar-refractivity contribution in [2.24, 2.45) is 5.14 Å². The summed E-state index contributed by atoms with van der Waals surface area (Å²) in [5.41, 5.74) is 0.0588. The molecule has 0 aliphatic carbocycles. The van der Waals surface area contributed by atoms with E-state index >= 15 is 0 Å². The molecular weight excluding hydrogens is 512 g/mol. The fourth-order valence-electron chi connectivity index (χ4n) is 4.07. The molecule has 0 saturated heterocycles. The number of benzene rings is 1. The number of imidazole rings is 1. The predicted octanol–water partition coefficient (Wildman–Crippen LogP) is 2.78. The van der Waals surface area contributed by atoms with Crippen molar-refractivity contribution in [3.8, 4) is 34.6 Å². The third-order valence-electron chi connectivity index (χ3n) is 5.67. The molecular formula is C25H30N6O6S. The number of aliphatic hydroxyl groups is 1. The van der Waals surface area contributed by atoms with E-state index in [9.17, 15) is 13.5 Å². The molecule has 0 aliphatic rings. The number of ether oxygens (including phenoxy) is 3. The Morgan fingerprint density at radius 2 is 1.71 bits per heavy atom. The topological polar surface area (TPSA) is 165 Å². The molecule has 13 heteroatoms. The van der Waals surface area contributed by atoms with Gasteiger partial charge in [0, 0.05) is 6.07 Å². The van der Waals surface area contributed by atoms with Crippen molar-refractivity contribution >= 4 is 21.3 Å². The number of hydrogen-bond donors (Lipinski definition) is 2. The van der Waals surface area contributed by atoms with Crippen LogP contribution in [0.2, 0.25) is 0 Å². The highest BCUT2D eigenvalue weighted by atomic mass is 32.2. The summed E-state index contributed by atoms with van der Waals surface area (Å²) in [4.78, 5) is 18.3. The molecule has 1 atom stereocenters. The van der Waals surface area contributed by atoms with Gasteiger partial charge in [-0.15, -0.1) is 0 Å². The van der Waals surface area contributed by atoms with Crippen LogP contribution in [0.3, 0.4) is 0 Å². The highest BCUT2D eigenvalue weighted by Gasteiger charge is 2.33. The molecule has 1 unspecified atom stereocenters. The standard InChI is InChI=1S/C25H30N6O6S/c1-6-37-20-12-7-9-15(28-20)23-30-22-24(31(23)21-17(35-4)10-8-11-18(21)36-5)29-16(14-27-22)19(38(26,33)34)13-25(2,3)32/h7-12,14,19,32H,6,13H2,1-5H3,(H2,26,33,34). The molecule has 0 spiro atoms. The van der Waals surface area contributed by atoms with E-state index in [0.29, 0.717) is 41.2 Å². The summed E-state index contributed by atoms with van der Waals surface area (Å²) in [6, 6.07) is 10.5. The average Bonchev–Trinajstić information content (AvgIpc) is 3.24.